The van der Waals surface area contributed by atoms with Gasteiger partial charge in [0, 0.05) is 11.8 Å². The Balaban J connectivity index is 1.48. The zero-order chi connectivity index (χ0) is 23.4. The van der Waals surface area contributed by atoms with Gasteiger partial charge in [0.1, 0.15) is 18.8 Å². The number of esters is 3. The highest BCUT2D eigenvalue weighted by Crippen LogP contribution is 2.59. The molecule has 1 heterocycles. The Morgan fingerprint density at radius 1 is 1.22 bits per heavy atom. The summed E-state index contributed by atoms with van der Waals surface area (Å²) >= 11 is 0. The Morgan fingerprint density at radius 3 is 2.50 bits per heavy atom. The summed E-state index contributed by atoms with van der Waals surface area (Å²) in [6.45, 7) is -1.67. The molecule has 174 valence electrons. The molecule has 0 radical (unpaired) electrons. The fraction of sp³-hybridized carbons (Fsp3) is 0.526. The van der Waals surface area contributed by atoms with Gasteiger partial charge < -0.3 is 14.2 Å². The number of rotatable bonds is 7. The first kappa shape index (κ1) is 22.5. The van der Waals surface area contributed by atoms with Crippen molar-refractivity contribution in [3.05, 3.63) is 35.9 Å². The van der Waals surface area contributed by atoms with Gasteiger partial charge in [0.2, 0.25) is 6.17 Å². The number of carbonyl (C=O) groups is 3. The molecule has 1 aromatic rings. The summed E-state index contributed by atoms with van der Waals surface area (Å²) in [5, 5.41) is -5.19. The van der Waals surface area contributed by atoms with Crippen LogP contribution >= 0.6 is 0 Å². The van der Waals surface area contributed by atoms with Crippen LogP contribution in [0.1, 0.15) is 16.8 Å². The van der Waals surface area contributed by atoms with E-state index in [1.807, 2.05) is 0 Å². The van der Waals surface area contributed by atoms with E-state index < -0.39 is 81.9 Å². The number of hydrogen-bond donors (Lipinski definition) is 1. The van der Waals surface area contributed by atoms with E-state index in [9.17, 15) is 36.0 Å². The van der Waals surface area contributed by atoms with E-state index in [4.69, 9.17) is 14.0 Å². The lowest BCUT2D eigenvalue weighted by molar-refractivity contribution is -0.160. The first-order chi connectivity index (χ1) is 14.9. The fourth-order valence-corrected chi connectivity index (χ4v) is 5.14. The molecular weight excluding hydrogens is 461 g/mol. The van der Waals surface area contributed by atoms with Gasteiger partial charge in [-0.1, -0.05) is 18.2 Å². The molecule has 3 fully saturated rings. The second kappa shape index (κ2) is 7.73. The number of halogens is 3. The molecule has 3 aliphatic rings. The van der Waals surface area contributed by atoms with Gasteiger partial charge in [-0.25, -0.2) is 9.18 Å². The van der Waals surface area contributed by atoms with E-state index in [2.05, 4.69) is 4.74 Å². The van der Waals surface area contributed by atoms with Gasteiger partial charge in [0.15, 0.2) is 0 Å². The molecule has 32 heavy (non-hydrogen) atoms. The maximum Gasteiger partial charge on any atom is 0.403 e. The number of ether oxygens (including phenoxy) is 3. The minimum atomic E-state index is -6.07. The minimum absolute atomic E-state index is 0.225. The topological polar surface area (TPSA) is 133 Å². The van der Waals surface area contributed by atoms with Crippen molar-refractivity contribution in [2.24, 2.45) is 23.7 Å². The normalized spacial score (nSPS) is 31.8. The number of carbonyl (C=O) groups excluding carboxylic acids is 3. The summed E-state index contributed by atoms with van der Waals surface area (Å²) in [7, 11) is -6.07. The van der Waals surface area contributed by atoms with Crippen LogP contribution < -0.4 is 0 Å². The van der Waals surface area contributed by atoms with Gasteiger partial charge >= 0.3 is 33.3 Å². The van der Waals surface area contributed by atoms with Crippen molar-refractivity contribution in [2.45, 2.75) is 30.1 Å². The molecule has 1 aliphatic heterocycles. The Labute approximate surface area is 179 Å². The molecule has 0 amide bonds. The van der Waals surface area contributed by atoms with Gasteiger partial charge in [0.25, 0.3) is 0 Å². The van der Waals surface area contributed by atoms with Gasteiger partial charge in [-0.3, -0.25) is 14.1 Å². The van der Waals surface area contributed by atoms with E-state index >= 15 is 0 Å². The quantitative estimate of drug-likeness (QED) is 0.351. The first-order valence-electron chi connectivity index (χ1n) is 9.55. The lowest BCUT2D eigenvalue weighted by Crippen LogP contribution is -2.45. The standard InChI is InChI=1S/C19H17F3O9S/c20-11(19(21,22)32(26,27)28)7-29-17(24)12-9-6-10-13(12)18(25)31-15(10)14(9)30-16(23)8-4-2-1-3-5-8/h1-5,9-15H,6-7H2,(H,26,27,28). The minimum Gasteiger partial charge on any atom is -0.462 e. The van der Waals surface area contributed by atoms with Gasteiger partial charge in [-0.15, -0.1) is 0 Å². The molecule has 1 aromatic carbocycles. The highest BCUT2D eigenvalue weighted by atomic mass is 32.2. The molecule has 4 rings (SSSR count). The van der Waals surface area contributed by atoms with Crippen LogP contribution in [0.15, 0.2) is 30.3 Å². The summed E-state index contributed by atoms with van der Waals surface area (Å²) in [6.07, 6.45) is -5.04. The third-order valence-corrected chi connectivity index (χ3v) is 7.09. The van der Waals surface area contributed by atoms with Crippen molar-refractivity contribution < 1.29 is 54.7 Å². The van der Waals surface area contributed by atoms with Crippen LogP contribution in [0.5, 0.6) is 0 Å². The summed E-state index contributed by atoms with van der Waals surface area (Å²) in [5.41, 5.74) is 0.225. The smallest absolute Gasteiger partial charge is 0.403 e. The van der Waals surface area contributed by atoms with E-state index in [1.165, 1.54) is 12.1 Å². The third-order valence-electron chi connectivity index (χ3n) is 6.15. The van der Waals surface area contributed by atoms with Crippen molar-refractivity contribution in [3.8, 4) is 0 Å². The van der Waals surface area contributed by atoms with Crippen LogP contribution in [0, 0.1) is 23.7 Å². The van der Waals surface area contributed by atoms with Gasteiger partial charge in [-0.2, -0.15) is 17.2 Å². The summed E-state index contributed by atoms with van der Waals surface area (Å²) in [5.74, 6) is -6.11. The summed E-state index contributed by atoms with van der Waals surface area (Å²) in [4.78, 5) is 37.3. The molecule has 1 saturated heterocycles. The number of benzene rings is 1. The average molecular weight is 478 g/mol. The molecule has 9 nitrogen and oxygen atoms in total. The highest BCUT2D eigenvalue weighted by Gasteiger charge is 2.70. The fourth-order valence-electron chi connectivity index (χ4n) is 4.74. The second-order valence-corrected chi connectivity index (χ2v) is 9.38. The summed E-state index contributed by atoms with van der Waals surface area (Å²) in [6, 6.07) is 7.91. The van der Waals surface area contributed by atoms with Crippen molar-refractivity contribution in [3.63, 3.8) is 0 Å². The largest absolute Gasteiger partial charge is 0.462 e. The molecule has 2 saturated carbocycles. The van der Waals surface area contributed by atoms with Crippen molar-refractivity contribution in [2.75, 3.05) is 6.61 Å². The Morgan fingerprint density at radius 2 is 1.88 bits per heavy atom. The maximum absolute atomic E-state index is 13.7. The third kappa shape index (κ3) is 3.52. The van der Waals surface area contributed by atoms with Crippen LogP contribution in [0.4, 0.5) is 13.2 Å². The van der Waals surface area contributed by atoms with Crippen molar-refractivity contribution >= 4 is 28.0 Å². The van der Waals surface area contributed by atoms with Crippen LogP contribution in [0.3, 0.4) is 0 Å². The predicted molar refractivity (Wildman–Crippen MR) is 96.5 cm³/mol. The monoisotopic (exact) mass is 478 g/mol. The second-order valence-electron chi connectivity index (χ2n) is 7.89. The maximum atomic E-state index is 13.7. The molecule has 1 N–H and O–H groups in total. The van der Waals surface area contributed by atoms with Crippen LogP contribution in [0.25, 0.3) is 0 Å². The molecular formula is C19H17F3O9S. The van der Waals surface area contributed by atoms with E-state index in [-0.39, 0.29) is 12.0 Å². The molecule has 0 aromatic heterocycles. The molecule has 7 atom stereocenters. The average Bonchev–Trinajstić information content (AvgIpc) is 3.35. The molecule has 13 heteroatoms. The molecule has 2 bridgehead atoms. The highest BCUT2D eigenvalue weighted by molar-refractivity contribution is 7.86. The van der Waals surface area contributed by atoms with Crippen LogP contribution in [0.2, 0.25) is 0 Å². The van der Waals surface area contributed by atoms with Gasteiger partial charge in [-0.05, 0) is 18.6 Å². The number of fused-ring (bicyclic) bond motifs is 1. The molecule has 0 spiro atoms. The Hall–Kier alpha value is -2.67. The number of hydrogen-bond acceptors (Lipinski definition) is 8. The first-order valence-corrected chi connectivity index (χ1v) is 11.0. The van der Waals surface area contributed by atoms with Crippen LogP contribution in [-0.2, 0) is 33.9 Å². The zero-order valence-corrected chi connectivity index (χ0v) is 16.9. The SMILES string of the molecule is O=C(OC1C2CC3C1OC(=O)C3C2C(=O)OCC(F)C(F)(F)S(=O)(=O)O)c1ccccc1. The lowest BCUT2D eigenvalue weighted by atomic mass is 9.78. The Bertz CT molecular complexity index is 1050. The van der Waals surface area contributed by atoms with E-state index in [0.29, 0.717) is 0 Å². The number of alkyl halides is 3. The van der Waals surface area contributed by atoms with E-state index in [1.54, 1.807) is 18.2 Å². The Kier molecular flexibility index (Phi) is 5.44. The zero-order valence-electron chi connectivity index (χ0n) is 16.1. The van der Waals surface area contributed by atoms with Crippen molar-refractivity contribution in [1.82, 2.24) is 0 Å². The lowest BCUT2D eigenvalue weighted by Gasteiger charge is -2.30. The van der Waals surface area contributed by atoms with Crippen molar-refractivity contribution in [1.29, 1.82) is 0 Å². The van der Waals surface area contributed by atoms with Gasteiger partial charge in [0.05, 0.1) is 17.4 Å². The van der Waals surface area contributed by atoms with Crippen LogP contribution in [-0.4, -0.2) is 61.1 Å². The molecule has 7 unspecified atom stereocenters. The summed E-state index contributed by atoms with van der Waals surface area (Å²) < 4.78 is 85.4. The van der Waals surface area contributed by atoms with E-state index in [0.717, 1.165) is 0 Å². The molecule has 2 aliphatic carbocycles. The predicted octanol–water partition coefficient (Wildman–Crippen LogP) is 1.38.